The van der Waals surface area contributed by atoms with Gasteiger partial charge in [-0.3, -0.25) is 4.79 Å². The fraction of sp³-hybridized carbons (Fsp3) is 0.316. The molecule has 3 nitrogen and oxygen atoms in total. The van der Waals surface area contributed by atoms with Crippen LogP contribution in [0.5, 0.6) is 5.75 Å². The molecule has 0 aliphatic carbocycles. The van der Waals surface area contributed by atoms with E-state index in [-0.39, 0.29) is 17.4 Å². The smallest absolute Gasteiger partial charge is 0.259 e. The molecular formula is C19H19NO2. The zero-order valence-corrected chi connectivity index (χ0v) is 13.1. The number of anilines is 1. The number of hydrogen-bond acceptors (Lipinski definition) is 2. The minimum Gasteiger partial charge on any atom is -0.497 e. The second kappa shape index (κ2) is 4.35. The lowest BCUT2D eigenvalue weighted by atomic mass is 9.74. The van der Waals surface area contributed by atoms with E-state index < -0.39 is 0 Å². The zero-order valence-electron chi connectivity index (χ0n) is 13.1. The summed E-state index contributed by atoms with van der Waals surface area (Å²) in [6, 6.07) is 14.1. The molecule has 22 heavy (non-hydrogen) atoms. The molecule has 112 valence electrons. The highest BCUT2D eigenvalue weighted by Gasteiger charge is 2.46. The molecule has 0 aromatic heterocycles. The number of amides is 1. The van der Waals surface area contributed by atoms with E-state index >= 15 is 0 Å². The second-order valence-electron chi connectivity index (χ2n) is 6.75. The van der Waals surface area contributed by atoms with Gasteiger partial charge in [0.15, 0.2) is 0 Å². The summed E-state index contributed by atoms with van der Waals surface area (Å²) in [5, 5.41) is 0. The number of hydrogen-bond donors (Lipinski definition) is 0. The molecule has 3 heteroatoms. The first kappa shape index (κ1) is 13.4. The summed E-state index contributed by atoms with van der Waals surface area (Å²) in [5.74, 6) is 0.956. The van der Waals surface area contributed by atoms with Crippen LogP contribution in [0.3, 0.4) is 0 Å². The van der Waals surface area contributed by atoms with Crippen LogP contribution in [-0.4, -0.2) is 13.0 Å². The van der Waals surface area contributed by atoms with Gasteiger partial charge in [-0.25, -0.2) is 0 Å². The molecule has 1 atom stereocenters. The highest BCUT2D eigenvalue weighted by Crippen LogP contribution is 2.52. The molecule has 2 aromatic carbocycles. The summed E-state index contributed by atoms with van der Waals surface area (Å²) in [5.41, 5.74) is 4.20. The Morgan fingerprint density at radius 3 is 2.73 bits per heavy atom. The van der Waals surface area contributed by atoms with Crippen molar-refractivity contribution < 1.29 is 9.53 Å². The van der Waals surface area contributed by atoms with E-state index in [1.165, 1.54) is 5.56 Å². The maximum absolute atomic E-state index is 12.9. The number of nitrogens with zero attached hydrogens (tertiary/aromatic N) is 1. The summed E-state index contributed by atoms with van der Waals surface area (Å²) in [7, 11) is 1.68. The Labute approximate surface area is 130 Å². The molecule has 0 saturated heterocycles. The predicted molar refractivity (Wildman–Crippen MR) is 86.6 cm³/mol. The standard InChI is InChI=1S/C19H19NO2/c1-19(2)11-17-13-6-4-5-7-14(13)18(21)20(17)16-9-8-12(22-3)10-15(16)19/h4-10,17H,11H2,1-3H3/t17-/m1/s1. The van der Waals surface area contributed by atoms with Crippen LogP contribution >= 0.6 is 0 Å². The van der Waals surface area contributed by atoms with Crippen LogP contribution in [-0.2, 0) is 5.41 Å². The SMILES string of the molecule is COc1ccc2c(c1)C(C)(C)C[C@@H]1c3ccccc3C(=O)N21. The van der Waals surface area contributed by atoms with Crippen molar-refractivity contribution in [1.29, 1.82) is 0 Å². The molecule has 0 fully saturated rings. The van der Waals surface area contributed by atoms with Crippen molar-refractivity contribution in [2.45, 2.75) is 31.7 Å². The lowest BCUT2D eigenvalue weighted by molar-refractivity contribution is 0.0985. The van der Waals surface area contributed by atoms with Crippen LogP contribution in [0.2, 0.25) is 0 Å². The van der Waals surface area contributed by atoms with E-state index in [0.717, 1.165) is 29.0 Å². The Kier molecular flexibility index (Phi) is 2.65. The summed E-state index contributed by atoms with van der Waals surface area (Å²) in [4.78, 5) is 14.8. The molecule has 1 amide bonds. The van der Waals surface area contributed by atoms with Gasteiger partial charge in [0, 0.05) is 11.3 Å². The average Bonchev–Trinajstić information content (AvgIpc) is 2.80. The van der Waals surface area contributed by atoms with Crippen molar-refractivity contribution in [1.82, 2.24) is 0 Å². The first-order chi connectivity index (χ1) is 10.5. The van der Waals surface area contributed by atoms with Crippen molar-refractivity contribution in [2.24, 2.45) is 0 Å². The maximum Gasteiger partial charge on any atom is 0.259 e. The third-order valence-corrected chi connectivity index (χ3v) is 4.98. The predicted octanol–water partition coefficient (Wildman–Crippen LogP) is 4.08. The first-order valence-corrected chi connectivity index (χ1v) is 7.64. The third kappa shape index (κ3) is 1.65. The zero-order chi connectivity index (χ0) is 15.5. The van der Waals surface area contributed by atoms with Crippen molar-refractivity contribution in [3.8, 4) is 5.75 Å². The molecule has 2 aromatic rings. The fourth-order valence-corrected chi connectivity index (χ4v) is 3.86. The summed E-state index contributed by atoms with van der Waals surface area (Å²) < 4.78 is 5.37. The Balaban J connectivity index is 1.94. The van der Waals surface area contributed by atoms with Crippen molar-refractivity contribution in [3.63, 3.8) is 0 Å². The normalized spacial score (nSPS) is 21.1. The van der Waals surface area contributed by atoms with Gasteiger partial charge in [-0.2, -0.15) is 0 Å². The van der Waals surface area contributed by atoms with E-state index in [9.17, 15) is 4.79 Å². The molecule has 0 radical (unpaired) electrons. The van der Waals surface area contributed by atoms with E-state index in [0.29, 0.717) is 0 Å². The largest absolute Gasteiger partial charge is 0.497 e. The lowest BCUT2D eigenvalue weighted by Crippen LogP contribution is -2.39. The summed E-state index contributed by atoms with van der Waals surface area (Å²) in [6.07, 6.45) is 0.927. The molecule has 0 bridgehead atoms. The molecule has 0 saturated carbocycles. The highest BCUT2D eigenvalue weighted by molar-refractivity contribution is 6.12. The van der Waals surface area contributed by atoms with Gasteiger partial charge >= 0.3 is 0 Å². The molecular weight excluding hydrogens is 274 g/mol. The van der Waals surface area contributed by atoms with Gasteiger partial charge in [-0.15, -0.1) is 0 Å². The minimum absolute atomic E-state index is 0.00275. The molecule has 2 heterocycles. The van der Waals surface area contributed by atoms with Gasteiger partial charge in [-0.05, 0) is 47.2 Å². The number of fused-ring (bicyclic) bond motifs is 5. The second-order valence-corrected chi connectivity index (χ2v) is 6.75. The van der Waals surface area contributed by atoms with Crippen LogP contribution in [0.25, 0.3) is 0 Å². The number of ether oxygens (including phenoxy) is 1. The quantitative estimate of drug-likeness (QED) is 0.793. The molecule has 0 N–H and O–H groups in total. The Morgan fingerprint density at radius 2 is 1.95 bits per heavy atom. The van der Waals surface area contributed by atoms with Crippen LogP contribution in [0.1, 0.15) is 47.8 Å². The van der Waals surface area contributed by atoms with Crippen LogP contribution in [0, 0.1) is 0 Å². The monoisotopic (exact) mass is 293 g/mol. The average molecular weight is 293 g/mol. The van der Waals surface area contributed by atoms with Crippen molar-refractivity contribution in [3.05, 3.63) is 59.2 Å². The number of methoxy groups -OCH3 is 1. The number of carbonyl (C=O) groups is 1. The van der Waals surface area contributed by atoms with Gasteiger partial charge in [0.05, 0.1) is 13.2 Å². The maximum atomic E-state index is 12.9. The third-order valence-electron chi connectivity index (χ3n) is 4.98. The molecule has 2 aliphatic heterocycles. The van der Waals surface area contributed by atoms with E-state index in [4.69, 9.17) is 4.74 Å². The number of rotatable bonds is 1. The molecule has 0 spiro atoms. The number of benzene rings is 2. The van der Waals surface area contributed by atoms with Gasteiger partial charge < -0.3 is 9.64 Å². The van der Waals surface area contributed by atoms with Crippen LogP contribution in [0.15, 0.2) is 42.5 Å². The van der Waals surface area contributed by atoms with E-state index in [1.54, 1.807) is 7.11 Å². The molecule has 2 aliphatic rings. The number of carbonyl (C=O) groups excluding carboxylic acids is 1. The lowest BCUT2D eigenvalue weighted by Gasteiger charge is -2.42. The topological polar surface area (TPSA) is 29.5 Å². The van der Waals surface area contributed by atoms with Crippen molar-refractivity contribution >= 4 is 11.6 Å². The van der Waals surface area contributed by atoms with Gasteiger partial charge in [0.1, 0.15) is 5.75 Å². The van der Waals surface area contributed by atoms with Gasteiger partial charge in [0.25, 0.3) is 5.91 Å². The highest BCUT2D eigenvalue weighted by atomic mass is 16.5. The Morgan fingerprint density at radius 1 is 1.18 bits per heavy atom. The van der Waals surface area contributed by atoms with E-state index in [2.05, 4.69) is 26.0 Å². The van der Waals surface area contributed by atoms with Crippen LogP contribution in [0.4, 0.5) is 5.69 Å². The van der Waals surface area contributed by atoms with Gasteiger partial charge in [0.2, 0.25) is 0 Å². The summed E-state index contributed by atoms with van der Waals surface area (Å²) in [6.45, 7) is 4.49. The molecule has 4 rings (SSSR count). The Hall–Kier alpha value is -2.29. The van der Waals surface area contributed by atoms with Crippen LogP contribution < -0.4 is 9.64 Å². The summed E-state index contributed by atoms with van der Waals surface area (Å²) >= 11 is 0. The fourth-order valence-electron chi connectivity index (χ4n) is 3.86. The van der Waals surface area contributed by atoms with Crippen molar-refractivity contribution in [2.75, 3.05) is 12.0 Å². The minimum atomic E-state index is 0.00275. The first-order valence-electron chi connectivity index (χ1n) is 7.64. The molecule has 0 unspecified atom stereocenters. The Bertz CT molecular complexity index is 779. The van der Waals surface area contributed by atoms with E-state index in [1.807, 2.05) is 35.2 Å². The van der Waals surface area contributed by atoms with Gasteiger partial charge in [-0.1, -0.05) is 32.0 Å².